The topological polar surface area (TPSA) is 71.4 Å². The van der Waals surface area contributed by atoms with Crippen molar-refractivity contribution in [3.63, 3.8) is 0 Å². The second-order valence-electron chi connectivity index (χ2n) is 8.43. The fourth-order valence-electron chi connectivity index (χ4n) is 4.65. The number of fused-ring (bicyclic) bond motifs is 1. The number of nitrogens with zero attached hydrogens (tertiary/aromatic N) is 2. The summed E-state index contributed by atoms with van der Waals surface area (Å²) in [6, 6.07) is 12.8. The van der Waals surface area contributed by atoms with Gasteiger partial charge in [0.05, 0.1) is 0 Å². The summed E-state index contributed by atoms with van der Waals surface area (Å²) in [6.45, 7) is 0.602. The van der Waals surface area contributed by atoms with Crippen LogP contribution in [0.1, 0.15) is 36.8 Å². The summed E-state index contributed by atoms with van der Waals surface area (Å²) in [5, 5.41) is 3.92. The zero-order valence-electron chi connectivity index (χ0n) is 17.7. The Kier molecular flexibility index (Phi) is 5.85. The lowest BCUT2D eigenvalue weighted by molar-refractivity contribution is -0.131. The molecule has 2 heterocycles. The van der Waals surface area contributed by atoms with Crippen LogP contribution in [0.25, 0.3) is 17.0 Å². The smallest absolute Gasteiger partial charge is 0.331 e. The molecule has 2 aromatic carbocycles. The van der Waals surface area contributed by atoms with Crippen LogP contribution in [-0.2, 0) is 16.1 Å². The Hall–Kier alpha value is -2.90. The number of hydrogen-bond acceptors (Lipinski definition) is 3. The van der Waals surface area contributed by atoms with Gasteiger partial charge in [0.2, 0.25) is 0 Å². The summed E-state index contributed by atoms with van der Waals surface area (Å²) in [5.74, 6) is -1.18. The summed E-state index contributed by atoms with van der Waals surface area (Å²) in [5.41, 5.74) is 2.75. The fraction of sp³-hybridized carbons (Fsp3) is 0.240. The summed E-state index contributed by atoms with van der Waals surface area (Å²) in [7, 11) is 0. The zero-order valence-corrected chi connectivity index (χ0v) is 20.0. The highest BCUT2D eigenvalue weighted by molar-refractivity contribution is 9.10. The number of aromatic nitrogens is 1. The van der Waals surface area contributed by atoms with Crippen molar-refractivity contribution < 1.29 is 14.4 Å². The van der Waals surface area contributed by atoms with Crippen LogP contribution >= 0.6 is 27.5 Å². The molecular formula is C25H21BrClN3O3. The second kappa shape index (κ2) is 8.80. The van der Waals surface area contributed by atoms with Crippen molar-refractivity contribution in [2.45, 2.75) is 38.3 Å². The number of nitrogens with one attached hydrogen (secondary N) is 1. The quantitative estimate of drug-likeness (QED) is 0.360. The molecule has 0 radical (unpaired) electrons. The molecule has 33 heavy (non-hydrogen) atoms. The number of rotatable bonds is 4. The molecule has 1 N–H and O–H groups in total. The van der Waals surface area contributed by atoms with Gasteiger partial charge in [0.15, 0.2) is 0 Å². The molecule has 1 saturated heterocycles. The predicted molar refractivity (Wildman–Crippen MR) is 131 cm³/mol. The molecule has 5 rings (SSSR count). The summed E-state index contributed by atoms with van der Waals surface area (Å²) < 4.78 is 2.96. The Balaban J connectivity index is 1.56. The standard InChI is InChI=1S/C25H21BrClN3O3/c26-17-7-10-22-20(12-17)16(14-29(22)13-15-5-8-18(27)9-6-15)11-21-23(31)28-25(33)30(24(21)32)19-3-1-2-4-19/h5-12,14,19H,1-4,13H2,(H,28,31,33)/b21-11-. The molecule has 3 aromatic rings. The molecule has 8 heteroatoms. The average molecular weight is 527 g/mol. The van der Waals surface area contributed by atoms with E-state index in [2.05, 4.69) is 25.8 Å². The van der Waals surface area contributed by atoms with Crippen LogP contribution in [0.5, 0.6) is 0 Å². The van der Waals surface area contributed by atoms with Gasteiger partial charge >= 0.3 is 6.03 Å². The van der Waals surface area contributed by atoms with Crippen molar-refractivity contribution in [1.29, 1.82) is 0 Å². The minimum absolute atomic E-state index is 0.0213. The van der Waals surface area contributed by atoms with E-state index in [1.54, 1.807) is 6.08 Å². The van der Waals surface area contributed by atoms with E-state index in [4.69, 9.17) is 11.6 Å². The minimum Gasteiger partial charge on any atom is -0.342 e. The van der Waals surface area contributed by atoms with Crippen LogP contribution in [0.2, 0.25) is 5.02 Å². The Bertz CT molecular complexity index is 1310. The van der Waals surface area contributed by atoms with Gasteiger partial charge in [0.1, 0.15) is 5.57 Å². The molecule has 0 bridgehead atoms. The molecule has 2 aliphatic rings. The summed E-state index contributed by atoms with van der Waals surface area (Å²) >= 11 is 9.54. The fourth-order valence-corrected chi connectivity index (χ4v) is 5.14. The van der Waals surface area contributed by atoms with Gasteiger partial charge in [-0.25, -0.2) is 4.79 Å². The van der Waals surface area contributed by atoms with Gasteiger partial charge in [0, 0.05) is 44.7 Å². The second-order valence-corrected chi connectivity index (χ2v) is 9.78. The van der Waals surface area contributed by atoms with Crippen molar-refractivity contribution in [3.05, 3.63) is 74.9 Å². The van der Waals surface area contributed by atoms with Crippen molar-refractivity contribution >= 4 is 62.4 Å². The van der Waals surface area contributed by atoms with Crippen LogP contribution < -0.4 is 5.32 Å². The summed E-state index contributed by atoms with van der Waals surface area (Å²) in [6.07, 6.45) is 7.01. The Labute approximate surface area is 204 Å². The van der Waals surface area contributed by atoms with E-state index >= 15 is 0 Å². The molecule has 168 valence electrons. The highest BCUT2D eigenvalue weighted by atomic mass is 79.9. The molecule has 0 unspecified atom stereocenters. The van der Waals surface area contributed by atoms with Crippen molar-refractivity contribution in [2.24, 2.45) is 0 Å². The van der Waals surface area contributed by atoms with Gasteiger partial charge < -0.3 is 4.57 Å². The largest absolute Gasteiger partial charge is 0.342 e. The SMILES string of the molecule is O=C1NC(=O)N(C2CCCC2)C(=O)/C1=C\c1cn(Cc2ccc(Cl)cc2)c2ccc(Br)cc12. The molecule has 1 aliphatic carbocycles. The van der Waals surface area contributed by atoms with Crippen LogP contribution in [0.3, 0.4) is 0 Å². The van der Waals surface area contributed by atoms with Crippen LogP contribution in [0.15, 0.2) is 58.7 Å². The average Bonchev–Trinajstić information content (AvgIpc) is 3.41. The van der Waals surface area contributed by atoms with E-state index in [1.807, 2.05) is 48.7 Å². The maximum atomic E-state index is 13.2. The highest BCUT2D eigenvalue weighted by Gasteiger charge is 2.40. The normalized spacial score (nSPS) is 18.5. The monoisotopic (exact) mass is 525 g/mol. The number of halogens is 2. The number of hydrogen-bond donors (Lipinski definition) is 1. The van der Waals surface area contributed by atoms with Gasteiger partial charge in [0.25, 0.3) is 11.8 Å². The number of carbonyl (C=O) groups excluding carboxylic acids is 3. The molecule has 0 spiro atoms. The lowest BCUT2D eigenvalue weighted by atomic mass is 10.0. The van der Waals surface area contributed by atoms with Gasteiger partial charge in [-0.1, -0.05) is 52.5 Å². The molecular weight excluding hydrogens is 506 g/mol. The third-order valence-electron chi connectivity index (χ3n) is 6.26. The highest BCUT2D eigenvalue weighted by Crippen LogP contribution is 2.30. The molecule has 6 nitrogen and oxygen atoms in total. The van der Waals surface area contributed by atoms with Gasteiger partial charge in [-0.2, -0.15) is 0 Å². The number of imide groups is 2. The molecule has 1 saturated carbocycles. The molecule has 1 aliphatic heterocycles. The number of urea groups is 1. The van der Waals surface area contributed by atoms with E-state index in [0.29, 0.717) is 11.6 Å². The van der Waals surface area contributed by atoms with Gasteiger partial charge in [-0.3, -0.25) is 19.8 Å². The summed E-state index contributed by atoms with van der Waals surface area (Å²) in [4.78, 5) is 39.5. The number of carbonyl (C=O) groups is 3. The Morgan fingerprint density at radius 1 is 1.06 bits per heavy atom. The van der Waals surface area contributed by atoms with Crippen molar-refractivity contribution in [2.75, 3.05) is 0 Å². The lowest BCUT2D eigenvalue weighted by Crippen LogP contribution is -2.57. The molecule has 2 fully saturated rings. The molecule has 4 amide bonds. The van der Waals surface area contributed by atoms with Gasteiger partial charge in [-0.15, -0.1) is 0 Å². The van der Waals surface area contributed by atoms with Crippen molar-refractivity contribution in [3.8, 4) is 0 Å². The van der Waals surface area contributed by atoms with Crippen LogP contribution in [0, 0.1) is 0 Å². The van der Waals surface area contributed by atoms with E-state index in [-0.39, 0.29) is 11.6 Å². The Morgan fingerprint density at radius 2 is 1.79 bits per heavy atom. The number of amides is 4. The number of barbiturate groups is 1. The van der Waals surface area contributed by atoms with Crippen LogP contribution in [0.4, 0.5) is 4.79 Å². The maximum Gasteiger partial charge on any atom is 0.331 e. The predicted octanol–water partition coefficient (Wildman–Crippen LogP) is 5.51. The van der Waals surface area contributed by atoms with Crippen LogP contribution in [-0.4, -0.2) is 33.4 Å². The van der Waals surface area contributed by atoms with E-state index in [9.17, 15) is 14.4 Å². The third-order valence-corrected chi connectivity index (χ3v) is 7.01. The van der Waals surface area contributed by atoms with Crippen molar-refractivity contribution in [1.82, 2.24) is 14.8 Å². The van der Waals surface area contributed by atoms with E-state index in [0.717, 1.165) is 52.2 Å². The van der Waals surface area contributed by atoms with E-state index in [1.165, 1.54) is 4.90 Å². The zero-order chi connectivity index (χ0) is 23.1. The molecule has 0 atom stereocenters. The minimum atomic E-state index is -0.659. The molecule has 1 aromatic heterocycles. The number of benzene rings is 2. The maximum absolute atomic E-state index is 13.2. The first kappa shape index (κ1) is 21.9. The van der Waals surface area contributed by atoms with Gasteiger partial charge in [-0.05, 0) is 54.8 Å². The first-order valence-corrected chi connectivity index (χ1v) is 12.0. The Morgan fingerprint density at radius 3 is 2.52 bits per heavy atom. The first-order valence-electron chi connectivity index (χ1n) is 10.8. The van der Waals surface area contributed by atoms with E-state index < -0.39 is 17.8 Å². The lowest BCUT2D eigenvalue weighted by Gasteiger charge is -2.31. The third kappa shape index (κ3) is 4.23. The first-order chi connectivity index (χ1) is 15.9.